The first-order valence-corrected chi connectivity index (χ1v) is 5.97. The van der Waals surface area contributed by atoms with Crippen LogP contribution in [-0.4, -0.2) is 27.9 Å². The van der Waals surface area contributed by atoms with Gasteiger partial charge in [-0.05, 0) is 24.3 Å². The van der Waals surface area contributed by atoms with Crippen molar-refractivity contribution >= 4 is 21.6 Å². The molecule has 0 saturated carbocycles. The molecule has 1 rings (SSSR count). The molecule has 0 aliphatic carbocycles. The van der Waals surface area contributed by atoms with E-state index < -0.39 is 15.9 Å². The molecule has 5 nitrogen and oxygen atoms in total. The lowest BCUT2D eigenvalue weighted by Gasteiger charge is -2.04. The van der Waals surface area contributed by atoms with E-state index in [0.29, 0.717) is 5.69 Å². The van der Waals surface area contributed by atoms with Crippen LogP contribution in [0.4, 0.5) is 10.5 Å². The maximum Gasteiger partial charge on any atom is 0.411 e. The van der Waals surface area contributed by atoms with Crippen molar-refractivity contribution in [3.63, 3.8) is 0 Å². The van der Waals surface area contributed by atoms with Crippen molar-refractivity contribution in [2.75, 3.05) is 18.7 Å². The van der Waals surface area contributed by atoms with Gasteiger partial charge >= 0.3 is 6.09 Å². The monoisotopic (exact) mass is 229 g/mol. The molecule has 1 N–H and O–H groups in total. The number of hydrogen-bond donors (Lipinski definition) is 1. The first-order chi connectivity index (χ1) is 6.93. The Hall–Kier alpha value is -1.56. The zero-order chi connectivity index (χ0) is 11.5. The quantitative estimate of drug-likeness (QED) is 0.828. The molecular weight excluding hydrogens is 218 g/mol. The summed E-state index contributed by atoms with van der Waals surface area (Å²) in [6.45, 7) is 0. The molecule has 0 bridgehead atoms. The summed E-state index contributed by atoms with van der Waals surface area (Å²) < 4.78 is 26.6. The number of anilines is 1. The summed E-state index contributed by atoms with van der Waals surface area (Å²) in [5.41, 5.74) is 0.481. The van der Waals surface area contributed by atoms with E-state index >= 15 is 0 Å². The number of rotatable bonds is 2. The molecule has 1 aromatic rings. The van der Waals surface area contributed by atoms with Gasteiger partial charge in [0.2, 0.25) is 0 Å². The van der Waals surface area contributed by atoms with Crippen molar-refractivity contribution in [2.24, 2.45) is 0 Å². The second-order valence-corrected chi connectivity index (χ2v) is 4.93. The van der Waals surface area contributed by atoms with Gasteiger partial charge in [-0.2, -0.15) is 0 Å². The van der Waals surface area contributed by atoms with Gasteiger partial charge in [-0.1, -0.05) is 0 Å². The first kappa shape index (κ1) is 11.5. The van der Waals surface area contributed by atoms with Crippen molar-refractivity contribution in [1.82, 2.24) is 0 Å². The number of ether oxygens (including phenoxy) is 1. The molecule has 0 atom stereocenters. The highest BCUT2D eigenvalue weighted by atomic mass is 32.2. The van der Waals surface area contributed by atoms with Gasteiger partial charge in [0.05, 0.1) is 12.0 Å². The second kappa shape index (κ2) is 4.31. The smallest absolute Gasteiger partial charge is 0.411 e. The average molecular weight is 229 g/mol. The van der Waals surface area contributed by atoms with Gasteiger partial charge < -0.3 is 4.74 Å². The summed E-state index contributed by atoms with van der Waals surface area (Å²) >= 11 is 0. The number of hydrogen-bond acceptors (Lipinski definition) is 4. The Morgan fingerprint density at radius 2 is 1.80 bits per heavy atom. The summed E-state index contributed by atoms with van der Waals surface area (Å²) in [5.74, 6) is 0. The van der Waals surface area contributed by atoms with Crippen molar-refractivity contribution in [1.29, 1.82) is 0 Å². The number of carbonyl (C=O) groups excluding carboxylic acids is 1. The van der Waals surface area contributed by atoms with Crippen LogP contribution in [0.5, 0.6) is 0 Å². The molecule has 0 spiro atoms. The first-order valence-electron chi connectivity index (χ1n) is 4.08. The van der Waals surface area contributed by atoms with Crippen LogP contribution >= 0.6 is 0 Å². The number of benzene rings is 1. The lowest BCUT2D eigenvalue weighted by Crippen LogP contribution is -2.10. The maximum absolute atomic E-state index is 11.1. The summed E-state index contributed by atoms with van der Waals surface area (Å²) in [5, 5.41) is 2.41. The van der Waals surface area contributed by atoms with Gasteiger partial charge in [0.25, 0.3) is 0 Å². The van der Waals surface area contributed by atoms with Gasteiger partial charge in [0.1, 0.15) is 0 Å². The fraction of sp³-hybridized carbons (Fsp3) is 0.222. The Balaban J connectivity index is 2.86. The third kappa shape index (κ3) is 3.25. The van der Waals surface area contributed by atoms with E-state index in [1.807, 2.05) is 0 Å². The third-order valence-electron chi connectivity index (χ3n) is 1.71. The zero-order valence-electron chi connectivity index (χ0n) is 8.35. The van der Waals surface area contributed by atoms with Gasteiger partial charge in [-0.3, -0.25) is 5.32 Å². The fourth-order valence-corrected chi connectivity index (χ4v) is 1.58. The van der Waals surface area contributed by atoms with Gasteiger partial charge in [-0.15, -0.1) is 0 Å². The molecule has 1 amide bonds. The van der Waals surface area contributed by atoms with Gasteiger partial charge in [0.15, 0.2) is 9.84 Å². The molecule has 1 aromatic carbocycles. The van der Waals surface area contributed by atoms with Crippen molar-refractivity contribution in [3.8, 4) is 0 Å². The van der Waals surface area contributed by atoms with E-state index in [9.17, 15) is 13.2 Å². The lowest BCUT2D eigenvalue weighted by molar-refractivity contribution is 0.187. The molecule has 0 aliphatic rings. The van der Waals surface area contributed by atoms with Gasteiger partial charge in [0, 0.05) is 11.9 Å². The van der Waals surface area contributed by atoms with E-state index in [2.05, 4.69) is 10.1 Å². The number of amides is 1. The Bertz CT molecular complexity index is 450. The second-order valence-electron chi connectivity index (χ2n) is 2.91. The zero-order valence-corrected chi connectivity index (χ0v) is 9.17. The fourth-order valence-electron chi connectivity index (χ4n) is 0.954. The minimum Gasteiger partial charge on any atom is -0.453 e. The highest BCUT2D eigenvalue weighted by Gasteiger charge is 2.06. The summed E-state index contributed by atoms with van der Waals surface area (Å²) in [7, 11) is -1.95. The average Bonchev–Trinajstić information content (AvgIpc) is 2.17. The van der Waals surface area contributed by atoms with Crippen LogP contribution in [0, 0.1) is 0 Å². The standard InChI is InChI=1S/C9H11NO4S/c1-14-9(11)10-7-3-5-8(6-4-7)15(2,12)13/h3-6H,1-2H3,(H,10,11). The SMILES string of the molecule is COC(=O)Nc1ccc(S(C)(=O)=O)cc1. The van der Waals surface area contributed by atoms with Crippen LogP contribution in [0.3, 0.4) is 0 Å². The Morgan fingerprint density at radius 1 is 1.27 bits per heavy atom. The van der Waals surface area contributed by atoms with E-state index in [0.717, 1.165) is 6.26 Å². The third-order valence-corrected chi connectivity index (χ3v) is 2.84. The molecule has 0 unspecified atom stereocenters. The molecule has 6 heteroatoms. The van der Waals surface area contributed by atoms with E-state index in [4.69, 9.17) is 0 Å². The lowest BCUT2D eigenvalue weighted by atomic mass is 10.3. The summed E-state index contributed by atoms with van der Waals surface area (Å²) in [6, 6.07) is 5.82. The maximum atomic E-state index is 11.1. The molecule has 0 saturated heterocycles. The van der Waals surface area contributed by atoms with Crippen LogP contribution in [0.15, 0.2) is 29.2 Å². The van der Waals surface area contributed by atoms with Crippen molar-refractivity contribution in [2.45, 2.75) is 4.90 Å². The molecule has 0 aliphatic heterocycles. The Kier molecular flexibility index (Phi) is 3.31. The van der Waals surface area contributed by atoms with E-state index in [-0.39, 0.29) is 4.90 Å². The normalized spacial score (nSPS) is 10.8. The largest absolute Gasteiger partial charge is 0.453 e. The number of nitrogens with one attached hydrogen (secondary N) is 1. The molecule has 0 aromatic heterocycles. The molecule has 0 heterocycles. The van der Waals surface area contributed by atoms with E-state index in [1.54, 1.807) is 0 Å². The van der Waals surface area contributed by atoms with Crippen molar-refractivity contribution in [3.05, 3.63) is 24.3 Å². The summed E-state index contributed by atoms with van der Waals surface area (Å²) in [6.07, 6.45) is 0.526. The van der Waals surface area contributed by atoms with E-state index in [1.165, 1.54) is 31.4 Å². The van der Waals surface area contributed by atoms with Gasteiger partial charge in [-0.25, -0.2) is 13.2 Å². The minimum absolute atomic E-state index is 0.206. The molecular formula is C9H11NO4S. The van der Waals surface area contributed by atoms with Crippen molar-refractivity contribution < 1.29 is 17.9 Å². The topological polar surface area (TPSA) is 72.5 Å². The summed E-state index contributed by atoms with van der Waals surface area (Å²) in [4.78, 5) is 11.0. The number of sulfone groups is 1. The number of carbonyl (C=O) groups is 1. The molecule has 0 radical (unpaired) electrons. The number of methoxy groups -OCH3 is 1. The molecule has 82 valence electrons. The van der Waals surface area contributed by atoms with Crippen LogP contribution in [0.1, 0.15) is 0 Å². The van der Waals surface area contributed by atoms with Crippen LogP contribution < -0.4 is 5.32 Å². The Labute approximate surface area is 88.0 Å². The van der Waals surface area contributed by atoms with Crippen LogP contribution in [0.2, 0.25) is 0 Å². The molecule has 15 heavy (non-hydrogen) atoms. The molecule has 0 fully saturated rings. The predicted octanol–water partition coefficient (Wildman–Crippen LogP) is 1.27. The predicted molar refractivity (Wildman–Crippen MR) is 55.6 cm³/mol. The highest BCUT2D eigenvalue weighted by Crippen LogP contribution is 2.13. The minimum atomic E-state index is -3.20. The Morgan fingerprint density at radius 3 is 2.20 bits per heavy atom. The highest BCUT2D eigenvalue weighted by molar-refractivity contribution is 7.90. The van der Waals surface area contributed by atoms with Crippen LogP contribution in [0.25, 0.3) is 0 Å². The van der Waals surface area contributed by atoms with Crippen LogP contribution in [-0.2, 0) is 14.6 Å².